The number of hydrogen-bond acceptors (Lipinski definition) is 3. The number of piperidine rings is 3. The van der Waals surface area contributed by atoms with Gasteiger partial charge in [0.1, 0.15) is 5.69 Å². The molecule has 5 heterocycles. The number of halogens is 1. The number of carbonyl (C=O) groups is 1. The zero-order chi connectivity index (χ0) is 16.7. The van der Waals surface area contributed by atoms with E-state index in [0.717, 1.165) is 37.2 Å². The molecule has 2 aromatic heterocycles. The molecular formula is C18H21FN4O. The summed E-state index contributed by atoms with van der Waals surface area (Å²) < 4.78 is 12.9. The number of fused-ring (bicyclic) bond motifs is 3. The van der Waals surface area contributed by atoms with Crippen LogP contribution in [0.1, 0.15) is 30.3 Å². The number of nitrogens with zero attached hydrogens (tertiary/aromatic N) is 2. The fourth-order valence-electron chi connectivity index (χ4n) is 4.01. The van der Waals surface area contributed by atoms with Crippen LogP contribution < -0.4 is 5.32 Å². The second-order valence-electron chi connectivity index (χ2n) is 6.77. The van der Waals surface area contributed by atoms with E-state index in [4.69, 9.17) is 0 Å². The van der Waals surface area contributed by atoms with Crippen molar-refractivity contribution < 1.29 is 9.18 Å². The van der Waals surface area contributed by atoms with Crippen molar-refractivity contribution in [3.63, 3.8) is 0 Å². The van der Waals surface area contributed by atoms with Crippen LogP contribution in [0.4, 0.5) is 4.39 Å². The largest absolute Gasteiger partial charge is 0.351 e. The number of aromatic nitrogens is 2. The van der Waals surface area contributed by atoms with Crippen molar-refractivity contribution in [1.29, 1.82) is 0 Å². The van der Waals surface area contributed by atoms with Crippen LogP contribution in [0.5, 0.6) is 0 Å². The van der Waals surface area contributed by atoms with Gasteiger partial charge in [-0.25, -0.2) is 4.98 Å². The molecule has 0 aliphatic carbocycles. The molecular weight excluding hydrogens is 307 g/mol. The molecule has 3 aliphatic heterocycles. The fraction of sp³-hybridized carbons (Fsp3) is 0.444. The predicted octanol–water partition coefficient (Wildman–Crippen LogP) is 2.43. The molecule has 2 bridgehead atoms. The molecule has 3 fully saturated rings. The standard InChI is InChI=1S/C18H21FN4O/c1-11-17(12-6-8-23(11)9-7-12)22-18(24)15-4-3-14(21-15)13-2-5-16(19)20-10-13/h2-5,10-12,17,21H,6-9H2,1H3,(H,22,24). The number of aromatic amines is 1. The lowest BCUT2D eigenvalue weighted by Crippen LogP contribution is -2.62. The molecule has 5 nitrogen and oxygen atoms in total. The molecule has 6 heteroatoms. The number of H-pyrrole nitrogens is 1. The number of amides is 1. The number of carbonyl (C=O) groups excluding carboxylic acids is 1. The van der Waals surface area contributed by atoms with Crippen molar-refractivity contribution in [3.05, 3.63) is 42.1 Å². The van der Waals surface area contributed by atoms with Gasteiger partial charge in [-0.1, -0.05) is 0 Å². The summed E-state index contributed by atoms with van der Waals surface area (Å²) >= 11 is 0. The Balaban J connectivity index is 1.48. The van der Waals surface area contributed by atoms with Crippen LogP contribution in [-0.2, 0) is 0 Å². The summed E-state index contributed by atoms with van der Waals surface area (Å²) in [5.41, 5.74) is 2.04. The molecule has 2 unspecified atom stereocenters. The highest BCUT2D eigenvalue weighted by molar-refractivity contribution is 5.93. The molecule has 0 aromatic carbocycles. The average molecular weight is 328 g/mol. The summed E-state index contributed by atoms with van der Waals surface area (Å²) in [4.78, 5) is 21.8. The summed E-state index contributed by atoms with van der Waals surface area (Å²) in [6.07, 6.45) is 3.78. The third-order valence-electron chi connectivity index (χ3n) is 5.44. The first-order chi connectivity index (χ1) is 11.6. The second kappa shape index (κ2) is 6.02. The number of hydrogen-bond donors (Lipinski definition) is 2. The lowest BCUT2D eigenvalue weighted by molar-refractivity contribution is 0.0216. The van der Waals surface area contributed by atoms with E-state index in [0.29, 0.717) is 17.7 Å². The Morgan fingerprint density at radius 1 is 1.29 bits per heavy atom. The lowest BCUT2D eigenvalue weighted by Gasteiger charge is -2.49. The minimum Gasteiger partial charge on any atom is -0.351 e. The topological polar surface area (TPSA) is 61.0 Å². The minimum absolute atomic E-state index is 0.0816. The number of rotatable bonds is 3. The molecule has 5 rings (SSSR count). The van der Waals surface area contributed by atoms with E-state index in [-0.39, 0.29) is 11.9 Å². The van der Waals surface area contributed by atoms with E-state index >= 15 is 0 Å². The average Bonchev–Trinajstić information content (AvgIpc) is 3.09. The lowest BCUT2D eigenvalue weighted by atomic mass is 9.79. The summed E-state index contributed by atoms with van der Waals surface area (Å²) in [5.74, 6) is -0.0220. The van der Waals surface area contributed by atoms with Gasteiger partial charge in [-0.05, 0) is 63.0 Å². The fourth-order valence-corrected chi connectivity index (χ4v) is 4.01. The Kier molecular flexibility index (Phi) is 3.84. The maximum absolute atomic E-state index is 12.9. The van der Waals surface area contributed by atoms with Gasteiger partial charge in [0.2, 0.25) is 5.95 Å². The van der Waals surface area contributed by atoms with Gasteiger partial charge >= 0.3 is 0 Å². The highest BCUT2D eigenvalue weighted by Gasteiger charge is 2.40. The van der Waals surface area contributed by atoms with Crippen molar-refractivity contribution in [2.24, 2.45) is 5.92 Å². The number of nitrogens with one attached hydrogen (secondary N) is 2. The molecule has 0 saturated carbocycles. The van der Waals surface area contributed by atoms with Gasteiger partial charge in [-0.2, -0.15) is 4.39 Å². The third kappa shape index (κ3) is 2.71. The van der Waals surface area contributed by atoms with Gasteiger partial charge in [0.25, 0.3) is 5.91 Å². The van der Waals surface area contributed by atoms with Crippen LogP contribution in [0.2, 0.25) is 0 Å². The highest BCUT2D eigenvalue weighted by Crippen LogP contribution is 2.32. The summed E-state index contributed by atoms with van der Waals surface area (Å²) in [6, 6.07) is 7.14. The summed E-state index contributed by atoms with van der Waals surface area (Å²) in [6.45, 7) is 4.48. The van der Waals surface area contributed by atoms with Crippen LogP contribution >= 0.6 is 0 Å². The van der Waals surface area contributed by atoms with E-state index in [1.54, 1.807) is 12.1 Å². The molecule has 0 radical (unpaired) electrons. The maximum Gasteiger partial charge on any atom is 0.267 e. The van der Waals surface area contributed by atoms with Gasteiger partial charge in [0.15, 0.2) is 0 Å². The van der Waals surface area contributed by atoms with E-state index in [2.05, 4.69) is 27.1 Å². The van der Waals surface area contributed by atoms with Crippen molar-refractivity contribution in [2.75, 3.05) is 13.1 Å². The monoisotopic (exact) mass is 328 g/mol. The molecule has 24 heavy (non-hydrogen) atoms. The molecule has 126 valence electrons. The first-order valence-corrected chi connectivity index (χ1v) is 8.47. The second-order valence-corrected chi connectivity index (χ2v) is 6.77. The van der Waals surface area contributed by atoms with Crippen molar-refractivity contribution in [2.45, 2.75) is 31.8 Å². The molecule has 2 aromatic rings. The molecule has 0 spiro atoms. The Hall–Kier alpha value is -2.21. The molecule has 2 atom stereocenters. The van der Waals surface area contributed by atoms with Crippen molar-refractivity contribution >= 4 is 5.91 Å². The molecule has 2 N–H and O–H groups in total. The van der Waals surface area contributed by atoms with Crippen LogP contribution in [0.25, 0.3) is 11.3 Å². The SMILES string of the molecule is CC1C(NC(=O)c2ccc(-c3ccc(F)nc3)[nH]2)C2CCN1CC2. The van der Waals surface area contributed by atoms with Crippen LogP contribution in [0, 0.1) is 11.9 Å². The van der Waals surface area contributed by atoms with Crippen molar-refractivity contribution in [1.82, 2.24) is 20.2 Å². The van der Waals surface area contributed by atoms with Gasteiger partial charge in [0, 0.05) is 29.5 Å². The smallest absolute Gasteiger partial charge is 0.267 e. The van der Waals surface area contributed by atoms with E-state index < -0.39 is 5.95 Å². The van der Waals surface area contributed by atoms with Gasteiger partial charge < -0.3 is 10.3 Å². The Morgan fingerprint density at radius 3 is 2.75 bits per heavy atom. The van der Waals surface area contributed by atoms with E-state index in [9.17, 15) is 9.18 Å². The zero-order valence-corrected chi connectivity index (χ0v) is 13.6. The van der Waals surface area contributed by atoms with E-state index in [1.165, 1.54) is 12.3 Å². The van der Waals surface area contributed by atoms with Gasteiger partial charge in [-0.15, -0.1) is 0 Å². The third-order valence-corrected chi connectivity index (χ3v) is 5.44. The minimum atomic E-state index is -0.514. The maximum atomic E-state index is 12.9. The Morgan fingerprint density at radius 2 is 2.08 bits per heavy atom. The van der Waals surface area contributed by atoms with Gasteiger partial charge in [-0.3, -0.25) is 9.69 Å². The normalized spacial score (nSPS) is 28.8. The van der Waals surface area contributed by atoms with Crippen LogP contribution in [0.3, 0.4) is 0 Å². The quantitative estimate of drug-likeness (QED) is 0.851. The Labute approximate surface area is 140 Å². The summed E-state index contributed by atoms with van der Waals surface area (Å²) in [7, 11) is 0. The first kappa shape index (κ1) is 15.3. The van der Waals surface area contributed by atoms with E-state index in [1.807, 2.05) is 6.07 Å². The van der Waals surface area contributed by atoms with Gasteiger partial charge in [0.05, 0.1) is 0 Å². The molecule has 1 amide bonds. The predicted molar refractivity (Wildman–Crippen MR) is 89.0 cm³/mol. The van der Waals surface area contributed by atoms with Crippen LogP contribution in [-0.4, -0.2) is 45.9 Å². The molecule has 3 aliphatic rings. The Bertz CT molecular complexity index is 732. The van der Waals surface area contributed by atoms with Crippen LogP contribution in [0.15, 0.2) is 30.5 Å². The first-order valence-electron chi connectivity index (χ1n) is 8.47. The highest BCUT2D eigenvalue weighted by atomic mass is 19.1. The zero-order valence-electron chi connectivity index (χ0n) is 13.6. The molecule has 3 saturated heterocycles. The number of pyridine rings is 1. The van der Waals surface area contributed by atoms with Crippen molar-refractivity contribution in [3.8, 4) is 11.3 Å². The summed E-state index contributed by atoms with van der Waals surface area (Å²) in [5, 5.41) is 3.20.